The van der Waals surface area contributed by atoms with Gasteiger partial charge in [0, 0.05) is 21.1 Å². The van der Waals surface area contributed by atoms with Crippen LogP contribution in [-0.4, -0.2) is 0 Å². The minimum Gasteiger partial charge on any atom is -0.455 e. The molecule has 1 nitrogen and oxygen atoms in total. The second-order valence-electron chi connectivity index (χ2n) is 7.47. The highest BCUT2D eigenvalue weighted by Crippen LogP contribution is 2.41. The Labute approximate surface area is 203 Å². The molecule has 0 unspecified atom stereocenters. The number of benzene rings is 4. The van der Waals surface area contributed by atoms with Crippen molar-refractivity contribution in [3.63, 3.8) is 0 Å². The van der Waals surface area contributed by atoms with Crippen LogP contribution >= 0.6 is 22.6 Å². The predicted molar refractivity (Wildman–Crippen MR) is 145 cm³/mol. The molecule has 0 spiro atoms. The van der Waals surface area contributed by atoms with Crippen LogP contribution in [0.1, 0.15) is 13.0 Å². The number of halogens is 1. The van der Waals surface area contributed by atoms with Crippen LogP contribution in [0.4, 0.5) is 0 Å². The Kier molecular flexibility index (Phi) is 6.91. The molecule has 0 saturated heterocycles. The number of hydrogen-bond acceptors (Lipinski definition) is 1. The molecule has 0 amide bonds. The van der Waals surface area contributed by atoms with Gasteiger partial charge >= 0.3 is 0 Å². The van der Waals surface area contributed by atoms with Crippen molar-refractivity contribution in [3.8, 4) is 44.9 Å². The molecule has 5 aromatic rings. The summed E-state index contributed by atoms with van der Waals surface area (Å²) in [6.07, 6.45) is 0. The lowest BCUT2D eigenvalue weighted by atomic mass is 9.96. The smallest absolute Gasteiger partial charge is 0.142 e. The van der Waals surface area contributed by atoms with Gasteiger partial charge in [0.05, 0.1) is 0 Å². The fourth-order valence-electron chi connectivity index (χ4n) is 3.93. The fraction of sp³-hybridized carbons (Fsp3) is 0.0667. The van der Waals surface area contributed by atoms with Gasteiger partial charge in [-0.3, -0.25) is 0 Å². The quantitative estimate of drug-likeness (QED) is 0.164. The van der Waals surface area contributed by atoms with E-state index in [1.807, 2.05) is 12.1 Å². The van der Waals surface area contributed by atoms with E-state index in [4.69, 9.17) is 4.42 Å². The number of furan rings is 1. The first kappa shape index (κ1) is 22.1. The summed E-state index contributed by atoms with van der Waals surface area (Å²) in [5, 5.41) is 0. The van der Waals surface area contributed by atoms with Crippen molar-refractivity contribution in [3.05, 3.63) is 121 Å². The van der Waals surface area contributed by atoms with Crippen LogP contribution in [0, 0.1) is 0 Å². The van der Waals surface area contributed by atoms with Gasteiger partial charge in [-0.1, -0.05) is 139 Å². The van der Waals surface area contributed by atoms with E-state index in [1.165, 1.54) is 16.7 Å². The summed E-state index contributed by atoms with van der Waals surface area (Å²) in [6.45, 7) is 0. The molecular formula is C30H25IO. The SMILES string of the molecule is C.ICc1cccc(-c2ccccc2-c2cc(-c3ccccc3)c(-c3ccccc3)o2)c1. The lowest BCUT2D eigenvalue weighted by Gasteiger charge is -2.09. The van der Waals surface area contributed by atoms with E-state index >= 15 is 0 Å². The van der Waals surface area contributed by atoms with Crippen molar-refractivity contribution in [2.75, 3.05) is 0 Å². The first-order valence-electron chi connectivity index (χ1n) is 10.3. The van der Waals surface area contributed by atoms with Crippen molar-refractivity contribution < 1.29 is 4.42 Å². The zero-order chi connectivity index (χ0) is 21.0. The summed E-state index contributed by atoms with van der Waals surface area (Å²) in [6, 6.07) is 40.2. The van der Waals surface area contributed by atoms with Crippen LogP contribution in [0.15, 0.2) is 120 Å². The van der Waals surface area contributed by atoms with E-state index in [2.05, 4.69) is 126 Å². The Morgan fingerprint density at radius 3 is 1.81 bits per heavy atom. The third kappa shape index (κ3) is 4.42. The first-order chi connectivity index (χ1) is 15.3. The average Bonchev–Trinajstić information content (AvgIpc) is 3.31. The molecule has 0 aliphatic carbocycles. The van der Waals surface area contributed by atoms with E-state index in [1.54, 1.807) is 0 Å². The Hall–Kier alpha value is -3.11. The molecule has 2 heteroatoms. The maximum atomic E-state index is 6.56. The minimum absolute atomic E-state index is 0. The van der Waals surface area contributed by atoms with E-state index < -0.39 is 0 Å². The molecule has 0 saturated carbocycles. The Morgan fingerprint density at radius 2 is 1.12 bits per heavy atom. The van der Waals surface area contributed by atoms with Crippen LogP contribution in [0.3, 0.4) is 0 Å². The molecule has 1 heterocycles. The van der Waals surface area contributed by atoms with Crippen molar-refractivity contribution >= 4 is 22.6 Å². The summed E-state index contributed by atoms with van der Waals surface area (Å²) in [5.74, 6) is 1.78. The third-order valence-corrected chi connectivity index (χ3v) is 6.32. The topological polar surface area (TPSA) is 13.1 Å². The molecule has 0 bridgehead atoms. The van der Waals surface area contributed by atoms with Crippen molar-refractivity contribution in [2.24, 2.45) is 0 Å². The Bertz CT molecular complexity index is 1250. The summed E-state index contributed by atoms with van der Waals surface area (Å²) < 4.78 is 7.55. The zero-order valence-corrected chi connectivity index (χ0v) is 19.1. The third-order valence-electron chi connectivity index (χ3n) is 5.44. The molecule has 4 aromatic carbocycles. The second-order valence-corrected chi connectivity index (χ2v) is 8.23. The first-order valence-corrected chi connectivity index (χ1v) is 11.9. The molecule has 0 radical (unpaired) electrons. The molecule has 158 valence electrons. The highest BCUT2D eigenvalue weighted by atomic mass is 127. The van der Waals surface area contributed by atoms with Crippen LogP contribution in [-0.2, 0) is 4.43 Å². The van der Waals surface area contributed by atoms with Gasteiger partial charge < -0.3 is 4.42 Å². The standard InChI is InChI=1S/C29H21IO.CH4/c30-20-21-10-9-15-24(18-21)25-16-7-8-17-26(25)28-19-27(22-11-3-1-4-12-22)29(31-28)23-13-5-2-6-14-23;/h1-19H,20H2;1H4. The normalized spacial score (nSPS) is 10.5. The van der Waals surface area contributed by atoms with Gasteiger partial charge in [0.25, 0.3) is 0 Å². The van der Waals surface area contributed by atoms with Gasteiger partial charge in [0.2, 0.25) is 0 Å². The lowest BCUT2D eigenvalue weighted by molar-refractivity contribution is 0.598. The molecule has 5 rings (SSSR count). The number of alkyl halides is 1. The fourth-order valence-corrected chi connectivity index (χ4v) is 4.41. The summed E-state index contributed by atoms with van der Waals surface area (Å²) in [7, 11) is 0. The van der Waals surface area contributed by atoms with Crippen LogP contribution < -0.4 is 0 Å². The van der Waals surface area contributed by atoms with Crippen LogP contribution in [0.25, 0.3) is 44.9 Å². The summed E-state index contributed by atoms with van der Waals surface area (Å²) >= 11 is 2.41. The Morgan fingerprint density at radius 1 is 0.531 bits per heavy atom. The maximum absolute atomic E-state index is 6.56. The van der Waals surface area contributed by atoms with Crippen LogP contribution in [0.2, 0.25) is 0 Å². The molecule has 0 aliphatic heterocycles. The van der Waals surface area contributed by atoms with E-state index in [9.17, 15) is 0 Å². The van der Waals surface area contributed by atoms with Gasteiger partial charge in [-0.05, 0) is 28.3 Å². The van der Waals surface area contributed by atoms with Crippen molar-refractivity contribution in [1.29, 1.82) is 0 Å². The Balaban J connectivity index is 0.00000245. The molecule has 32 heavy (non-hydrogen) atoms. The second kappa shape index (κ2) is 10.0. The highest BCUT2D eigenvalue weighted by Gasteiger charge is 2.18. The molecule has 0 aliphatic rings. The minimum atomic E-state index is 0. The maximum Gasteiger partial charge on any atom is 0.142 e. The molecule has 0 fully saturated rings. The summed E-state index contributed by atoms with van der Waals surface area (Å²) in [5.41, 5.74) is 8.16. The van der Waals surface area contributed by atoms with Gasteiger partial charge in [-0.15, -0.1) is 0 Å². The van der Waals surface area contributed by atoms with Crippen molar-refractivity contribution in [1.82, 2.24) is 0 Å². The van der Waals surface area contributed by atoms with Gasteiger partial charge in [0.15, 0.2) is 0 Å². The summed E-state index contributed by atoms with van der Waals surface area (Å²) in [4.78, 5) is 0. The highest BCUT2D eigenvalue weighted by molar-refractivity contribution is 14.1. The molecule has 0 atom stereocenters. The molecule has 1 aromatic heterocycles. The van der Waals surface area contributed by atoms with Gasteiger partial charge in [0.1, 0.15) is 11.5 Å². The molecule has 0 N–H and O–H groups in total. The van der Waals surface area contributed by atoms with Crippen molar-refractivity contribution in [2.45, 2.75) is 11.9 Å². The van der Waals surface area contributed by atoms with E-state index in [0.717, 1.165) is 38.2 Å². The lowest BCUT2D eigenvalue weighted by Crippen LogP contribution is -1.85. The predicted octanol–water partition coefficient (Wildman–Crippen LogP) is 9.52. The van der Waals surface area contributed by atoms with E-state index in [0.29, 0.717) is 0 Å². The number of hydrogen-bond donors (Lipinski definition) is 0. The zero-order valence-electron chi connectivity index (χ0n) is 17.0. The number of rotatable bonds is 5. The van der Waals surface area contributed by atoms with E-state index in [-0.39, 0.29) is 7.43 Å². The largest absolute Gasteiger partial charge is 0.455 e. The van der Waals surface area contributed by atoms with Gasteiger partial charge in [-0.25, -0.2) is 0 Å². The monoisotopic (exact) mass is 528 g/mol. The van der Waals surface area contributed by atoms with Crippen LogP contribution in [0.5, 0.6) is 0 Å². The molecular weight excluding hydrogens is 503 g/mol. The van der Waals surface area contributed by atoms with Gasteiger partial charge in [-0.2, -0.15) is 0 Å². The average molecular weight is 528 g/mol.